The van der Waals surface area contributed by atoms with Crippen LogP contribution < -0.4 is 21.1 Å². The Balaban J connectivity index is 1.34. The summed E-state index contributed by atoms with van der Waals surface area (Å²) >= 11 is 6.56. The lowest BCUT2D eigenvalue weighted by molar-refractivity contribution is 0.0870. The second-order valence-electron chi connectivity index (χ2n) is 9.70. The number of aliphatic hydroxyl groups excluding tert-OH is 1. The lowest BCUT2D eigenvalue weighted by atomic mass is 10.1. The zero-order valence-electron chi connectivity index (χ0n) is 22.0. The third-order valence-electron chi connectivity index (χ3n) is 7.06. The number of aliphatic imine (C=N–C) groups is 1. The molecule has 0 atom stereocenters. The van der Waals surface area contributed by atoms with Crippen LogP contribution in [0.4, 0.5) is 16.2 Å². The molecule has 1 aliphatic heterocycles. The predicted octanol–water partition coefficient (Wildman–Crippen LogP) is 3.72. The summed E-state index contributed by atoms with van der Waals surface area (Å²) in [5, 5.41) is 15.7. The highest BCUT2D eigenvalue weighted by Crippen LogP contribution is 2.32. The Bertz CT molecular complexity index is 1090. The Morgan fingerprint density at radius 3 is 2.63 bits per heavy atom. The van der Waals surface area contributed by atoms with Crippen LogP contribution >= 0.6 is 11.6 Å². The molecule has 0 radical (unpaired) electrons. The number of hydrogen-bond donors (Lipinski definition) is 4. The molecule has 38 heavy (non-hydrogen) atoms. The van der Waals surface area contributed by atoms with Crippen molar-refractivity contribution in [1.82, 2.24) is 14.8 Å². The van der Waals surface area contributed by atoms with Gasteiger partial charge >= 0.3 is 6.03 Å². The van der Waals surface area contributed by atoms with E-state index in [1.165, 1.54) is 12.8 Å². The van der Waals surface area contributed by atoms with Gasteiger partial charge in [0, 0.05) is 51.8 Å². The molecule has 0 unspecified atom stereocenters. The highest BCUT2D eigenvalue weighted by Gasteiger charge is 2.26. The molecule has 2 amide bonds. The van der Waals surface area contributed by atoms with E-state index in [0.717, 1.165) is 37.1 Å². The van der Waals surface area contributed by atoms with Gasteiger partial charge < -0.3 is 40.4 Å². The molecule has 0 bridgehead atoms. The maximum absolute atomic E-state index is 12.5. The van der Waals surface area contributed by atoms with Crippen molar-refractivity contribution in [2.75, 3.05) is 45.3 Å². The molecule has 1 saturated heterocycles. The Kier molecular flexibility index (Phi) is 10.1. The predicted molar refractivity (Wildman–Crippen MR) is 150 cm³/mol. The van der Waals surface area contributed by atoms with Crippen molar-refractivity contribution in [3.8, 4) is 5.75 Å². The van der Waals surface area contributed by atoms with Gasteiger partial charge in [-0.25, -0.2) is 9.79 Å². The van der Waals surface area contributed by atoms with E-state index < -0.39 is 0 Å². The molecule has 1 aromatic carbocycles. The highest BCUT2D eigenvalue weighted by molar-refractivity contribution is 6.32. The summed E-state index contributed by atoms with van der Waals surface area (Å²) in [5.74, 6) is 0.938. The molecule has 1 aromatic heterocycles. The largest absolute Gasteiger partial charge is 0.489 e. The fraction of sp³-hybridized carbons (Fsp3) is 0.556. The van der Waals surface area contributed by atoms with E-state index in [0.29, 0.717) is 61.2 Å². The molecule has 2 aliphatic rings. The van der Waals surface area contributed by atoms with Crippen molar-refractivity contribution in [2.24, 2.45) is 10.7 Å². The Labute approximate surface area is 229 Å². The topological polar surface area (TPSA) is 126 Å². The number of aromatic nitrogens is 1. The zero-order valence-corrected chi connectivity index (χ0v) is 22.8. The number of amidine groups is 1. The van der Waals surface area contributed by atoms with Crippen LogP contribution in [0, 0.1) is 0 Å². The maximum atomic E-state index is 12.5. The van der Waals surface area contributed by atoms with Gasteiger partial charge in [-0.1, -0.05) is 24.4 Å². The van der Waals surface area contributed by atoms with E-state index in [1.54, 1.807) is 6.07 Å². The second kappa shape index (κ2) is 13.7. The Morgan fingerprint density at radius 1 is 1.18 bits per heavy atom. The molecular formula is C27H39ClN6O4. The van der Waals surface area contributed by atoms with E-state index in [4.69, 9.17) is 31.9 Å². The minimum absolute atomic E-state index is 0.00281. The number of aliphatic hydroxyl groups is 1. The number of carbonyl (C=O) groups excluding carboxylic acids is 1. The molecule has 208 valence electrons. The zero-order chi connectivity index (χ0) is 26.9. The first kappa shape index (κ1) is 28.1. The SMILES string of the molecule is CNc1ccn(CCOCCO)c1C(N)=Nc1ccc(OC2CCN(C(=O)NC3CCCC3)CC2)c(Cl)c1. The van der Waals surface area contributed by atoms with Crippen LogP contribution in [0.1, 0.15) is 44.2 Å². The third kappa shape index (κ3) is 7.33. The number of anilines is 1. The number of hydrogen-bond acceptors (Lipinski definition) is 6. The molecule has 5 N–H and O–H groups in total. The average molecular weight is 547 g/mol. The fourth-order valence-corrected chi connectivity index (χ4v) is 5.23. The normalized spacial score (nSPS) is 17.1. The van der Waals surface area contributed by atoms with Crippen LogP contribution in [0.25, 0.3) is 0 Å². The van der Waals surface area contributed by atoms with Gasteiger partial charge in [-0.2, -0.15) is 0 Å². The van der Waals surface area contributed by atoms with E-state index in [-0.39, 0.29) is 18.7 Å². The summed E-state index contributed by atoms with van der Waals surface area (Å²) in [6, 6.07) is 7.68. The maximum Gasteiger partial charge on any atom is 0.317 e. The summed E-state index contributed by atoms with van der Waals surface area (Å²) in [7, 11) is 1.83. The molecule has 2 fully saturated rings. The van der Waals surface area contributed by atoms with Crippen LogP contribution in [0.3, 0.4) is 0 Å². The first-order chi connectivity index (χ1) is 18.5. The van der Waals surface area contributed by atoms with Crippen LogP contribution in [-0.2, 0) is 11.3 Å². The standard InChI is InChI=1S/C27H39ClN6O4/c1-30-23-10-13-33(14-16-37-17-15-35)25(23)26(29)31-20-6-7-24(22(28)18-20)38-21-8-11-34(12-9-21)27(36)32-19-4-2-3-5-19/h6-7,10,13,18-19,21,30,35H,2-5,8-9,11-12,14-17H2,1H3,(H2,29,31)(H,32,36). The van der Waals surface area contributed by atoms with Crippen molar-refractivity contribution >= 4 is 34.8 Å². The number of nitrogens with zero attached hydrogens (tertiary/aromatic N) is 3. The molecule has 1 saturated carbocycles. The number of ether oxygens (including phenoxy) is 2. The minimum atomic E-state index is -0.0128. The van der Waals surface area contributed by atoms with E-state index in [2.05, 4.69) is 15.6 Å². The quantitative estimate of drug-likeness (QED) is 0.193. The van der Waals surface area contributed by atoms with Gasteiger partial charge in [-0.15, -0.1) is 0 Å². The molecule has 11 heteroatoms. The van der Waals surface area contributed by atoms with Gasteiger partial charge in [0.05, 0.1) is 36.2 Å². The van der Waals surface area contributed by atoms with Crippen molar-refractivity contribution < 1.29 is 19.4 Å². The number of rotatable bonds is 11. The van der Waals surface area contributed by atoms with Crippen LogP contribution in [-0.4, -0.2) is 78.5 Å². The van der Waals surface area contributed by atoms with Gasteiger partial charge in [-0.3, -0.25) is 0 Å². The van der Waals surface area contributed by atoms with Gasteiger partial charge in [0.25, 0.3) is 0 Å². The Hall–Kier alpha value is -2.95. The lowest BCUT2D eigenvalue weighted by Crippen LogP contribution is -2.48. The number of nitrogens with two attached hydrogens (primary N) is 1. The van der Waals surface area contributed by atoms with Crippen LogP contribution in [0.15, 0.2) is 35.5 Å². The highest BCUT2D eigenvalue weighted by atomic mass is 35.5. The summed E-state index contributed by atoms with van der Waals surface area (Å²) < 4.78 is 13.5. The number of urea groups is 1. The van der Waals surface area contributed by atoms with Gasteiger partial charge in [0.2, 0.25) is 0 Å². The minimum Gasteiger partial charge on any atom is -0.489 e. The van der Waals surface area contributed by atoms with Gasteiger partial charge in [0.1, 0.15) is 23.4 Å². The summed E-state index contributed by atoms with van der Waals surface area (Å²) in [6.07, 6.45) is 7.99. The first-order valence-corrected chi connectivity index (χ1v) is 13.8. The average Bonchev–Trinajstić information content (AvgIpc) is 3.58. The van der Waals surface area contributed by atoms with Crippen molar-refractivity contribution in [3.63, 3.8) is 0 Å². The molecule has 10 nitrogen and oxygen atoms in total. The van der Waals surface area contributed by atoms with Crippen molar-refractivity contribution in [2.45, 2.75) is 57.2 Å². The van der Waals surface area contributed by atoms with Gasteiger partial charge in [0.15, 0.2) is 0 Å². The summed E-state index contributed by atoms with van der Waals surface area (Å²) in [6.45, 7) is 2.63. The number of halogens is 1. The van der Waals surface area contributed by atoms with E-state index in [1.807, 2.05) is 40.9 Å². The molecule has 0 spiro atoms. The fourth-order valence-electron chi connectivity index (χ4n) is 5.01. The first-order valence-electron chi connectivity index (χ1n) is 13.4. The molecule has 2 aromatic rings. The lowest BCUT2D eigenvalue weighted by Gasteiger charge is -2.33. The van der Waals surface area contributed by atoms with Crippen molar-refractivity contribution in [1.29, 1.82) is 0 Å². The number of carbonyl (C=O) groups is 1. The summed E-state index contributed by atoms with van der Waals surface area (Å²) in [5.41, 5.74) is 8.62. The van der Waals surface area contributed by atoms with Gasteiger partial charge in [-0.05, 0) is 37.1 Å². The summed E-state index contributed by atoms with van der Waals surface area (Å²) in [4.78, 5) is 19.0. The van der Waals surface area contributed by atoms with Crippen LogP contribution in [0.2, 0.25) is 5.02 Å². The third-order valence-corrected chi connectivity index (χ3v) is 7.35. The molecule has 2 heterocycles. The number of benzene rings is 1. The molecule has 4 rings (SSSR count). The number of amides is 2. The molecule has 1 aliphatic carbocycles. The van der Waals surface area contributed by atoms with Crippen molar-refractivity contribution in [3.05, 3.63) is 41.2 Å². The number of likely N-dealkylation sites (tertiary alicyclic amines) is 1. The van der Waals surface area contributed by atoms with E-state index in [9.17, 15) is 4.79 Å². The number of piperidine rings is 1. The smallest absolute Gasteiger partial charge is 0.317 e. The monoisotopic (exact) mass is 546 g/mol. The molecular weight excluding hydrogens is 508 g/mol. The van der Waals surface area contributed by atoms with Crippen LogP contribution in [0.5, 0.6) is 5.75 Å². The number of nitrogens with one attached hydrogen (secondary N) is 2. The second-order valence-corrected chi connectivity index (χ2v) is 10.1. The van der Waals surface area contributed by atoms with E-state index >= 15 is 0 Å². The Morgan fingerprint density at radius 2 is 1.95 bits per heavy atom.